The van der Waals surface area contributed by atoms with Gasteiger partial charge in [-0.3, -0.25) is 0 Å². The number of nitrogens with zero attached hydrogens (tertiary/aromatic N) is 1. The van der Waals surface area contributed by atoms with Gasteiger partial charge in [0.05, 0.1) is 17.8 Å². The molecule has 0 unspecified atom stereocenters. The van der Waals surface area contributed by atoms with Crippen LogP contribution in [-0.4, -0.2) is 18.0 Å². The van der Waals surface area contributed by atoms with E-state index >= 15 is 0 Å². The molecule has 0 heterocycles. The Bertz CT molecular complexity index is 674. The zero-order valence-corrected chi connectivity index (χ0v) is 13.4. The van der Waals surface area contributed by atoms with Crippen molar-refractivity contribution in [2.45, 2.75) is 13.5 Å². The van der Waals surface area contributed by atoms with Gasteiger partial charge in [-0.15, -0.1) is 0 Å². The molecular formula is C16H15Cl2NO3. The van der Waals surface area contributed by atoms with Gasteiger partial charge >= 0.3 is 0 Å². The Morgan fingerprint density at radius 1 is 1.14 bits per heavy atom. The second-order valence-electron chi connectivity index (χ2n) is 4.39. The van der Waals surface area contributed by atoms with Crippen LogP contribution in [0.1, 0.15) is 18.1 Å². The quantitative estimate of drug-likeness (QED) is 0.468. The number of halogens is 2. The van der Waals surface area contributed by atoms with Gasteiger partial charge in [0.15, 0.2) is 11.5 Å². The first-order valence-electron chi connectivity index (χ1n) is 6.65. The molecule has 0 saturated heterocycles. The highest BCUT2D eigenvalue weighted by atomic mass is 35.5. The summed E-state index contributed by atoms with van der Waals surface area (Å²) < 4.78 is 11.3. The molecule has 4 nitrogen and oxygen atoms in total. The van der Waals surface area contributed by atoms with Crippen LogP contribution < -0.4 is 9.47 Å². The lowest BCUT2D eigenvalue weighted by Gasteiger charge is -2.14. The van der Waals surface area contributed by atoms with Crippen molar-refractivity contribution in [1.29, 1.82) is 0 Å². The summed E-state index contributed by atoms with van der Waals surface area (Å²) in [5.41, 5.74) is 1.46. The molecule has 0 amide bonds. The van der Waals surface area contributed by atoms with Crippen LogP contribution in [-0.2, 0) is 6.61 Å². The lowest BCUT2D eigenvalue weighted by molar-refractivity contribution is 0.269. The van der Waals surface area contributed by atoms with Crippen LogP contribution in [0.25, 0.3) is 0 Å². The van der Waals surface area contributed by atoms with Crippen molar-refractivity contribution in [1.82, 2.24) is 0 Å². The molecule has 116 valence electrons. The van der Waals surface area contributed by atoms with Crippen molar-refractivity contribution in [3.05, 3.63) is 57.6 Å². The van der Waals surface area contributed by atoms with Crippen LogP contribution in [0.15, 0.2) is 41.6 Å². The number of benzene rings is 2. The average molecular weight is 340 g/mol. The highest BCUT2D eigenvalue weighted by Gasteiger charge is 2.13. The molecule has 0 aliphatic rings. The summed E-state index contributed by atoms with van der Waals surface area (Å²) in [6, 6.07) is 10.7. The first-order chi connectivity index (χ1) is 10.7. The van der Waals surface area contributed by atoms with Crippen LogP contribution in [0.4, 0.5) is 0 Å². The lowest BCUT2D eigenvalue weighted by Crippen LogP contribution is -2.01. The van der Waals surface area contributed by atoms with Crippen molar-refractivity contribution >= 4 is 29.4 Å². The summed E-state index contributed by atoms with van der Waals surface area (Å²) in [6.07, 6.45) is 1.27. The van der Waals surface area contributed by atoms with Crippen LogP contribution in [0.2, 0.25) is 10.0 Å². The van der Waals surface area contributed by atoms with E-state index in [0.29, 0.717) is 33.7 Å². The predicted molar refractivity (Wildman–Crippen MR) is 87.8 cm³/mol. The number of rotatable bonds is 6. The minimum atomic E-state index is 0.271. The molecule has 0 fully saturated rings. The highest BCUT2D eigenvalue weighted by Crippen LogP contribution is 2.37. The minimum absolute atomic E-state index is 0.271. The molecule has 0 aromatic heterocycles. The van der Waals surface area contributed by atoms with Gasteiger partial charge in [0.1, 0.15) is 6.61 Å². The first-order valence-corrected chi connectivity index (χ1v) is 7.41. The fourth-order valence-electron chi connectivity index (χ4n) is 1.90. The molecule has 2 aromatic carbocycles. The molecule has 0 spiro atoms. The molecule has 0 aliphatic carbocycles. The third-order valence-electron chi connectivity index (χ3n) is 2.87. The maximum atomic E-state index is 8.62. The summed E-state index contributed by atoms with van der Waals surface area (Å²) >= 11 is 12.3. The van der Waals surface area contributed by atoms with Gasteiger partial charge in [-0.05, 0) is 25.1 Å². The van der Waals surface area contributed by atoms with E-state index in [1.165, 1.54) is 6.21 Å². The Morgan fingerprint density at radius 3 is 2.59 bits per heavy atom. The largest absolute Gasteiger partial charge is 0.490 e. The number of hydrogen-bond acceptors (Lipinski definition) is 4. The van der Waals surface area contributed by atoms with Gasteiger partial charge in [-0.1, -0.05) is 46.6 Å². The molecular weight excluding hydrogens is 325 g/mol. The van der Waals surface area contributed by atoms with E-state index < -0.39 is 0 Å². The predicted octanol–water partition coefficient (Wildman–Crippen LogP) is 4.78. The van der Waals surface area contributed by atoms with E-state index in [4.69, 9.17) is 37.9 Å². The standard InChI is InChI=1S/C16H15Cl2NO3/c1-2-21-15-8-11(9-19-20)7-14(18)16(15)22-10-12-5-3-4-6-13(12)17/h3-9,20H,2,10H2,1H3/b19-9+. The molecule has 0 radical (unpaired) electrons. The van der Waals surface area contributed by atoms with E-state index in [0.717, 1.165) is 5.56 Å². The van der Waals surface area contributed by atoms with Crippen molar-refractivity contribution in [3.63, 3.8) is 0 Å². The second-order valence-corrected chi connectivity index (χ2v) is 5.20. The number of oxime groups is 1. The Morgan fingerprint density at radius 2 is 1.91 bits per heavy atom. The molecule has 0 atom stereocenters. The van der Waals surface area contributed by atoms with Crippen LogP contribution >= 0.6 is 23.2 Å². The van der Waals surface area contributed by atoms with Crippen LogP contribution in [0.3, 0.4) is 0 Å². The minimum Gasteiger partial charge on any atom is -0.490 e. The monoisotopic (exact) mass is 339 g/mol. The van der Waals surface area contributed by atoms with Gasteiger partial charge in [-0.2, -0.15) is 0 Å². The zero-order chi connectivity index (χ0) is 15.9. The van der Waals surface area contributed by atoms with E-state index in [1.54, 1.807) is 18.2 Å². The molecule has 2 aromatic rings. The summed E-state index contributed by atoms with van der Waals surface area (Å²) in [5, 5.41) is 12.6. The third kappa shape index (κ3) is 4.06. The smallest absolute Gasteiger partial charge is 0.180 e. The van der Waals surface area contributed by atoms with Gasteiger partial charge in [0.2, 0.25) is 0 Å². The Balaban J connectivity index is 2.27. The molecule has 0 aliphatic heterocycles. The Kier molecular flexibility index (Phi) is 5.92. The highest BCUT2D eigenvalue weighted by molar-refractivity contribution is 6.32. The summed E-state index contributed by atoms with van der Waals surface area (Å²) in [6.45, 7) is 2.59. The van der Waals surface area contributed by atoms with Crippen LogP contribution in [0.5, 0.6) is 11.5 Å². The maximum Gasteiger partial charge on any atom is 0.180 e. The number of ether oxygens (including phenoxy) is 2. The second kappa shape index (κ2) is 7.92. The van der Waals surface area contributed by atoms with Crippen molar-refractivity contribution < 1.29 is 14.7 Å². The topological polar surface area (TPSA) is 51.0 Å². The molecule has 0 bridgehead atoms. The van der Waals surface area contributed by atoms with Crippen LogP contribution in [0, 0.1) is 0 Å². The van der Waals surface area contributed by atoms with E-state index in [9.17, 15) is 0 Å². The maximum absolute atomic E-state index is 8.62. The molecule has 0 saturated carbocycles. The van der Waals surface area contributed by atoms with Crippen molar-refractivity contribution in [3.8, 4) is 11.5 Å². The normalized spacial score (nSPS) is 10.9. The lowest BCUT2D eigenvalue weighted by atomic mass is 10.2. The summed E-state index contributed by atoms with van der Waals surface area (Å²) in [5.74, 6) is 0.912. The van der Waals surface area contributed by atoms with E-state index in [1.807, 2.05) is 25.1 Å². The van der Waals surface area contributed by atoms with Gasteiger partial charge in [-0.25, -0.2) is 0 Å². The zero-order valence-electron chi connectivity index (χ0n) is 11.9. The summed E-state index contributed by atoms with van der Waals surface area (Å²) in [7, 11) is 0. The molecule has 1 N–H and O–H groups in total. The first kappa shape index (κ1) is 16.5. The van der Waals surface area contributed by atoms with E-state index in [2.05, 4.69) is 5.16 Å². The fourth-order valence-corrected chi connectivity index (χ4v) is 2.36. The summed E-state index contributed by atoms with van der Waals surface area (Å²) in [4.78, 5) is 0. The molecule has 6 heteroatoms. The van der Waals surface area contributed by atoms with Crippen molar-refractivity contribution in [2.24, 2.45) is 5.16 Å². The fraction of sp³-hybridized carbons (Fsp3) is 0.188. The SMILES string of the molecule is CCOc1cc(/C=N/O)cc(Cl)c1OCc1ccccc1Cl. The average Bonchev–Trinajstić information content (AvgIpc) is 2.49. The van der Waals surface area contributed by atoms with Gasteiger partial charge in [0.25, 0.3) is 0 Å². The van der Waals surface area contributed by atoms with Crippen molar-refractivity contribution in [2.75, 3.05) is 6.61 Å². The Labute approximate surface area is 138 Å². The molecule has 22 heavy (non-hydrogen) atoms. The molecule has 2 rings (SSSR count). The van der Waals surface area contributed by atoms with E-state index in [-0.39, 0.29) is 6.61 Å². The Hall–Kier alpha value is -1.91. The third-order valence-corrected chi connectivity index (χ3v) is 3.52. The number of hydrogen-bond donors (Lipinski definition) is 1. The van der Waals surface area contributed by atoms with Gasteiger partial charge in [0, 0.05) is 16.1 Å². The van der Waals surface area contributed by atoms with Gasteiger partial charge < -0.3 is 14.7 Å².